The van der Waals surface area contributed by atoms with E-state index in [1.54, 1.807) is 18.2 Å². The Morgan fingerprint density at radius 3 is 2.83 bits per heavy atom. The molecule has 0 radical (unpaired) electrons. The van der Waals surface area contributed by atoms with Gasteiger partial charge in [0.1, 0.15) is 18.6 Å². The number of halogens is 1. The number of aliphatic carboxylic acids is 1. The fraction of sp³-hybridized carbons (Fsp3) is 0.353. The molecule has 0 heterocycles. The number of carboxylic acids is 1. The summed E-state index contributed by atoms with van der Waals surface area (Å²) in [5, 5.41) is 9.05. The summed E-state index contributed by atoms with van der Waals surface area (Å²) in [5.74, 6) is -0.376. The summed E-state index contributed by atoms with van der Waals surface area (Å²) >= 11 is 6.26. The van der Waals surface area contributed by atoms with Gasteiger partial charge in [-0.2, -0.15) is 0 Å². The van der Waals surface area contributed by atoms with Crippen LogP contribution in [0.4, 0.5) is 0 Å². The summed E-state index contributed by atoms with van der Waals surface area (Å²) in [6.07, 6.45) is 4.44. The molecule has 0 amide bonds. The van der Waals surface area contributed by atoms with Crippen LogP contribution in [0.5, 0.6) is 5.75 Å². The molecule has 1 N–H and O–H groups in total. The van der Waals surface area contributed by atoms with E-state index in [0.717, 1.165) is 12.0 Å². The van der Waals surface area contributed by atoms with E-state index >= 15 is 0 Å². The molecule has 6 heteroatoms. The predicted molar refractivity (Wildman–Crippen MR) is 94.2 cm³/mol. The Labute approximate surface area is 141 Å². The van der Waals surface area contributed by atoms with Crippen LogP contribution in [-0.2, 0) is 4.79 Å². The van der Waals surface area contributed by atoms with Crippen molar-refractivity contribution in [3.63, 3.8) is 0 Å². The molecule has 124 valence electrons. The van der Waals surface area contributed by atoms with Crippen LogP contribution in [0.1, 0.15) is 32.3 Å². The van der Waals surface area contributed by atoms with Gasteiger partial charge in [-0.25, -0.2) is 4.99 Å². The highest BCUT2D eigenvalue weighted by Gasteiger charge is 2.09. The molecule has 0 bridgehead atoms. The molecule has 1 atom stereocenters. The summed E-state index contributed by atoms with van der Waals surface area (Å²) in [4.78, 5) is 18.3. The van der Waals surface area contributed by atoms with Gasteiger partial charge in [0, 0.05) is 6.42 Å². The van der Waals surface area contributed by atoms with Gasteiger partial charge >= 0.3 is 5.97 Å². The van der Waals surface area contributed by atoms with E-state index in [-0.39, 0.29) is 12.6 Å². The Bertz CT molecular complexity index is 612. The Morgan fingerprint density at radius 1 is 1.52 bits per heavy atom. The standard InChI is InChI=1S/C17H21ClN2O3/c1-4-6-15(20-11-19-10-17(21)22)13-7-8-16(14(18)9-13)23-12(3)5-2/h4,7-9,11-12H,1,5-6,10H2,2-3H3,(H,21,22)/b19-11-,20-15+/t12-/m1/s1. The molecule has 0 aliphatic carbocycles. The minimum atomic E-state index is -1.00. The quantitative estimate of drug-likeness (QED) is 0.421. The summed E-state index contributed by atoms with van der Waals surface area (Å²) in [7, 11) is 0. The molecule has 0 saturated heterocycles. The Kier molecular flexibility index (Phi) is 8.05. The third kappa shape index (κ3) is 6.65. The first-order chi connectivity index (χ1) is 11.0. The lowest BCUT2D eigenvalue weighted by Crippen LogP contribution is -2.10. The topological polar surface area (TPSA) is 71.2 Å². The van der Waals surface area contributed by atoms with E-state index in [0.29, 0.717) is 22.9 Å². The molecule has 1 aromatic carbocycles. The second kappa shape index (κ2) is 9.79. The molecular weight excluding hydrogens is 316 g/mol. The number of ether oxygens (including phenoxy) is 1. The molecule has 0 aliphatic rings. The first-order valence-electron chi connectivity index (χ1n) is 7.32. The average molecular weight is 337 g/mol. The molecule has 0 spiro atoms. The monoisotopic (exact) mass is 336 g/mol. The fourth-order valence-electron chi connectivity index (χ4n) is 1.69. The lowest BCUT2D eigenvalue weighted by molar-refractivity contribution is -0.135. The molecule has 5 nitrogen and oxygen atoms in total. The summed E-state index contributed by atoms with van der Waals surface area (Å²) < 4.78 is 5.73. The first-order valence-corrected chi connectivity index (χ1v) is 7.70. The summed E-state index contributed by atoms with van der Waals surface area (Å²) in [5.41, 5.74) is 1.51. The lowest BCUT2D eigenvalue weighted by Gasteiger charge is -2.14. The predicted octanol–water partition coefficient (Wildman–Crippen LogP) is 4.00. The van der Waals surface area contributed by atoms with Crippen molar-refractivity contribution in [1.82, 2.24) is 0 Å². The molecular formula is C17H21ClN2O3. The van der Waals surface area contributed by atoms with Crippen molar-refractivity contribution in [3.8, 4) is 5.75 Å². The molecule has 0 unspecified atom stereocenters. The van der Waals surface area contributed by atoms with Gasteiger partial charge in [-0.1, -0.05) is 24.6 Å². The number of hydrogen-bond acceptors (Lipinski definition) is 3. The van der Waals surface area contributed by atoms with Crippen LogP contribution in [0.15, 0.2) is 40.8 Å². The van der Waals surface area contributed by atoms with Gasteiger partial charge in [0.05, 0.1) is 16.8 Å². The minimum Gasteiger partial charge on any atom is -0.489 e. The maximum absolute atomic E-state index is 10.4. The second-order valence-electron chi connectivity index (χ2n) is 4.90. The number of nitrogens with zero attached hydrogens (tertiary/aromatic N) is 2. The van der Waals surface area contributed by atoms with E-state index in [9.17, 15) is 4.79 Å². The maximum atomic E-state index is 10.4. The number of rotatable bonds is 9. The molecule has 0 fully saturated rings. The summed E-state index contributed by atoms with van der Waals surface area (Å²) in [6.45, 7) is 7.40. The number of carboxylic acid groups (broad SMARTS) is 1. The molecule has 23 heavy (non-hydrogen) atoms. The van der Waals surface area contributed by atoms with Crippen LogP contribution < -0.4 is 4.74 Å². The number of allylic oxidation sites excluding steroid dienone is 1. The maximum Gasteiger partial charge on any atom is 0.325 e. The highest BCUT2D eigenvalue weighted by molar-refractivity contribution is 6.32. The first kappa shape index (κ1) is 18.9. The number of aliphatic imine (C=N–C) groups is 2. The van der Waals surface area contributed by atoms with Crippen molar-refractivity contribution in [2.45, 2.75) is 32.8 Å². The zero-order chi connectivity index (χ0) is 17.2. The molecule has 0 saturated carbocycles. The van der Waals surface area contributed by atoms with E-state index in [2.05, 4.69) is 16.6 Å². The zero-order valence-electron chi connectivity index (χ0n) is 13.3. The van der Waals surface area contributed by atoms with E-state index < -0.39 is 5.97 Å². The van der Waals surface area contributed by atoms with Gasteiger partial charge in [0.15, 0.2) is 0 Å². The number of hydrogen-bond donors (Lipinski definition) is 1. The van der Waals surface area contributed by atoms with Crippen molar-refractivity contribution >= 4 is 29.6 Å². The highest BCUT2D eigenvalue weighted by atomic mass is 35.5. The van der Waals surface area contributed by atoms with E-state index in [4.69, 9.17) is 21.4 Å². The average Bonchev–Trinajstić information content (AvgIpc) is 2.52. The van der Waals surface area contributed by atoms with E-state index in [1.165, 1.54) is 6.34 Å². The van der Waals surface area contributed by atoms with Gasteiger partial charge in [0.25, 0.3) is 0 Å². The van der Waals surface area contributed by atoms with Crippen LogP contribution in [0.25, 0.3) is 0 Å². The van der Waals surface area contributed by atoms with Crippen LogP contribution in [0, 0.1) is 0 Å². The van der Waals surface area contributed by atoms with Gasteiger partial charge < -0.3 is 9.84 Å². The third-order valence-electron chi connectivity index (χ3n) is 3.03. The fourth-order valence-corrected chi connectivity index (χ4v) is 1.91. The van der Waals surface area contributed by atoms with Gasteiger partial charge in [-0.15, -0.1) is 6.58 Å². The van der Waals surface area contributed by atoms with Crippen LogP contribution in [0.3, 0.4) is 0 Å². The molecule has 0 aliphatic heterocycles. The van der Waals surface area contributed by atoms with Crippen molar-refractivity contribution in [3.05, 3.63) is 41.4 Å². The van der Waals surface area contributed by atoms with Crippen molar-refractivity contribution in [2.75, 3.05) is 6.54 Å². The smallest absolute Gasteiger partial charge is 0.325 e. The largest absolute Gasteiger partial charge is 0.489 e. The molecule has 1 rings (SSSR count). The van der Waals surface area contributed by atoms with Gasteiger partial charge in [-0.3, -0.25) is 9.79 Å². The van der Waals surface area contributed by atoms with Crippen LogP contribution in [0.2, 0.25) is 5.02 Å². The number of benzene rings is 1. The highest BCUT2D eigenvalue weighted by Crippen LogP contribution is 2.27. The zero-order valence-corrected chi connectivity index (χ0v) is 14.1. The van der Waals surface area contributed by atoms with Crippen LogP contribution >= 0.6 is 11.6 Å². The number of carbonyl (C=O) groups is 1. The van der Waals surface area contributed by atoms with Crippen molar-refractivity contribution in [2.24, 2.45) is 9.98 Å². The summed E-state index contributed by atoms with van der Waals surface area (Å²) in [6, 6.07) is 5.43. The van der Waals surface area contributed by atoms with Crippen molar-refractivity contribution < 1.29 is 14.6 Å². The Hall–Kier alpha value is -2.14. The SMILES string of the molecule is C=CC/C(=N\C=N/CC(=O)O)c1ccc(O[C@H](C)CC)c(Cl)c1. The lowest BCUT2D eigenvalue weighted by atomic mass is 10.1. The Balaban J connectivity index is 2.97. The third-order valence-corrected chi connectivity index (χ3v) is 3.32. The second-order valence-corrected chi connectivity index (χ2v) is 5.31. The molecule has 1 aromatic rings. The van der Waals surface area contributed by atoms with Gasteiger partial charge in [-0.05, 0) is 37.1 Å². The minimum absolute atomic E-state index is 0.0859. The Morgan fingerprint density at radius 2 is 2.26 bits per heavy atom. The molecule has 0 aromatic heterocycles. The van der Waals surface area contributed by atoms with Crippen molar-refractivity contribution in [1.29, 1.82) is 0 Å². The normalized spacial score (nSPS) is 13.1. The van der Waals surface area contributed by atoms with Crippen LogP contribution in [-0.4, -0.2) is 35.8 Å². The van der Waals surface area contributed by atoms with E-state index in [1.807, 2.05) is 19.9 Å². The van der Waals surface area contributed by atoms with Gasteiger partial charge in [0.2, 0.25) is 0 Å².